The van der Waals surface area contributed by atoms with Gasteiger partial charge in [-0.3, -0.25) is 14.9 Å². The lowest BCUT2D eigenvalue weighted by atomic mass is 10.1. The molecule has 8 heteroatoms. The molecular weight excluding hydrogens is 452 g/mol. The molecule has 2 aromatic carbocycles. The van der Waals surface area contributed by atoms with Crippen molar-refractivity contribution in [2.24, 2.45) is 0 Å². The summed E-state index contributed by atoms with van der Waals surface area (Å²) in [5.41, 5.74) is 2.69. The Morgan fingerprint density at radius 2 is 1.90 bits per heavy atom. The van der Waals surface area contributed by atoms with Crippen molar-refractivity contribution in [2.75, 3.05) is 11.9 Å². The molecule has 1 aliphatic rings. The maximum atomic E-state index is 12.9. The van der Waals surface area contributed by atoms with Gasteiger partial charge in [0.1, 0.15) is 11.0 Å². The number of likely N-dealkylation sites (tertiary alicyclic amines) is 1. The standard InChI is InChI=1S/C21H19BrN4O2S/c1-13-8-10-14(11-9-13)19-24-25-21(29-19)23-18(27)17-7-4-12-26(17)20(28)15-5-2-3-6-16(15)22/h2-3,5-6,8-11,17H,4,7,12H2,1H3,(H,23,25,27). The third kappa shape index (κ3) is 4.23. The molecule has 1 atom stereocenters. The van der Waals surface area contributed by atoms with Gasteiger partial charge in [-0.15, -0.1) is 10.2 Å². The van der Waals surface area contributed by atoms with Gasteiger partial charge in [0.05, 0.1) is 5.56 Å². The molecule has 0 bridgehead atoms. The minimum atomic E-state index is -0.513. The fraction of sp³-hybridized carbons (Fsp3) is 0.238. The zero-order chi connectivity index (χ0) is 20.4. The van der Waals surface area contributed by atoms with Crippen LogP contribution in [0.25, 0.3) is 10.6 Å². The molecule has 0 spiro atoms. The summed E-state index contributed by atoms with van der Waals surface area (Å²) in [4.78, 5) is 27.4. The average Bonchev–Trinajstić information content (AvgIpc) is 3.38. The number of hydrogen-bond donors (Lipinski definition) is 1. The number of aryl methyl sites for hydroxylation is 1. The largest absolute Gasteiger partial charge is 0.327 e. The minimum absolute atomic E-state index is 0.146. The molecule has 29 heavy (non-hydrogen) atoms. The summed E-state index contributed by atoms with van der Waals surface area (Å²) >= 11 is 4.74. The van der Waals surface area contributed by atoms with E-state index in [0.717, 1.165) is 21.5 Å². The number of nitrogens with zero attached hydrogens (tertiary/aromatic N) is 3. The van der Waals surface area contributed by atoms with Gasteiger partial charge in [-0.1, -0.05) is 53.3 Å². The monoisotopic (exact) mass is 470 g/mol. The third-order valence-electron chi connectivity index (χ3n) is 4.87. The van der Waals surface area contributed by atoms with E-state index in [1.165, 1.54) is 16.9 Å². The first kappa shape index (κ1) is 19.7. The highest BCUT2D eigenvalue weighted by Gasteiger charge is 2.35. The molecule has 2 heterocycles. The molecular formula is C21H19BrN4O2S. The van der Waals surface area contributed by atoms with Gasteiger partial charge in [-0.05, 0) is 47.8 Å². The van der Waals surface area contributed by atoms with Crippen molar-refractivity contribution in [1.29, 1.82) is 0 Å². The Hall–Kier alpha value is -2.58. The molecule has 0 aliphatic carbocycles. The number of anilines is 1. The molecule has 1 saturated heterocycles. The molecule has 1 N–H and O–H groups in total. The molecule has 1 aromatic heterocycles. The smallest absolute Gasteiger partial charge is 0.255 e. The number of halogens is 1. The van der Waals surface area contributed by atoms with Crippen LogP contribution in [0.2, 0.25) is 0 Å². The highest BCUT2D eigenvalue weighted by Crippen LogP contribution is 2.28. The minimum Gasteiger partial charge on any atom is -0.327 e. The van der Waals surface area contributed by atoms with Crippen LogP contribution in [0.5, 0.6) is 0 Å². The lowest BCUT2D eigenvalue weighted by molar-refractivity contribution is -0.119. The Morgan fingerprint density at radius 3 is 2.66 bits per heavy atom. The lowest BCUT2D eigenvalue weighted by Crippen LogP contribution is -2.43. The molecule has 148 valence electrons. The van der Waals surface area contributed by atoms with E-state index in [9.17, 15) is 9.59 Å². The fourth-order valence-corrected chi connectivity index (χ4v) is 4.55. The van der Waals surface area contributed by atoms with E-state index >= 15 is 0 Å². The van der Waals surface area contributed by atoms with Crippen LogP contribution in [0.3, 0.4) is 0 Å². The summed E-state index contributed by atoms with van der Waals surface area (Å²) in [7, 11) is 0. The van der Waals surface area contributed by atoms with Crippen molar-refractivity contribution in [3.8, 4) is 10.6 Å². The first-order chi connectivity index (χ1) is 14.0. The van der Waals surface area contributed by atoms with Crippen LogP contribution in [-0.2, 0) is 4.79 Å². The number of benzene rings is 2. The van der Waals surface area contributed by atoms with Crippen molar-refractivity contribution in [2.45, 2.75) is 25.8 Å². The van der Waals surface area contributed by atoms with Gasteiger partial charge in [0.15, 0.2) is 0 Å². The number of aromatic nitrogens is 2. The topological polar surface area (TPSA) is 75.2 Å². The van der Waals surface area contributed by atoms with E-state index < -0.39 is 6.04 Å². The fourth-order valence-electron chi connectivity index (χ4n) is 3.35. The van der Waals surface area contributed by atoms with Crippen molar-refractivity contribution < 1.29 is 9.59 Å². The second kappa shape index (κ2) is 8.42. The van der Waals surface area contributed by atoms with Gasteiger partial charge in [-0.2, -0.15) is 0 Å². The Balaban J connectivity index is 1.47. The van der Waals surface area contributed by atoms with Crippen LogP contribution in [0.4, 0.5) is 5.13 Å². The number of amides is 2. The SMILES string of the molecule is Cc1ccc(-c2nnc(NC(=O)C3CCCN3C(=O)c3ccccc3Br)s2)cc1. The zero-order valence-electron chi connectivity index (χ0n) is 15.8. The Labute approximate surface area is 181 Å². The maximum Gasteiger partial charge on any atom is 0.255 e. The number of carbonyl (C=O) groups is 2. The number of rotatable bonds is 4. The summed E-state index contributed by atoms with van der Waals surface area (Å²) in [6.45, 7) is 2.58. The van der Waals surface area contributed by atoms with Crippen LogP contribution >= 0.6 is 27.3 Å². The summed E-state index contributed by atoms with van der Waals surface area (Å²) in [5, 5.41) is 12.3. The molecule has 1 aliphatic heterocycles. The molecule has 0 saturated carbocycles. The quantitative estimate of drug-likeness (QED) is 0.607. The van der Waals surface area contributed by atoms with Gasteiger partial charge in [0.2, 0.25) is 11.0 Å². The Kier molecular flexibility index (Phi) is 5.73. The molecule has 2 amide bonds. The van der Waals surface area contributed by atoms with Crippen LogP contribution in [0.15, 0.2) is 53.0 Å². The molecule has 1 unspecified atom stereocenters. The van der Waals surface area contributed by atoms with Gasteiger partial charge in [-0.25, -0.2) is 0 Å². The van der Waals surface area contributed by atoms with E-state index in [-0.39, 0.29) is 11.8 Å². The van der Waals surface area contributed by atoms with Crippen molar-refractivity contribution in [3.63, 3.8) is 0 Å². The van der Waals surface area contributed by atoms with Crippen LogP contribution in [0, 0.1) is 6.92 Å². The molecule has 6 nitrogen and oxygen atoms in total. The van der Waals surface area contributed by atoms with Crippen LogP contribution < -0.4 is 5.32 Å². The van der Waals surface area contributed by atoms with Crippen LogP contribution in [-0.4, -0.2) is 39.5 Å². The van der Waals surface area contributed by atoms with Crippen molar-refractivity contribution >= 4 is 44.2 Å². The number of nitrogens with one attached hydrogen (secondary N) is 1. The summed E-state index contributed by atoms with van der Waals surface area (Å²) in [6.07, 6.45) is 1.42. The first-order valence-electron chi connectivity index (χ1n) is 9.30. The van der Waals surface area contributed by atoms with Crippen molar-refractivity contribution in [3.05, 3.63) is 64.1 Å². The van der Waals surface area contributed by atoms with E-state index in [1.807, 2.05) is 49.4 Å². The van der Waals surface area contributed by atoms with Gasteiger partial charge in [0, 0.05) is 16.6 Å². The van der Waals surface area contributed by atoms with E-state index in [4.69, 9.17) is 0 Å². The first-order valence-corrected chi connectivity index (χ1v) is 10.9. The van der Waals surface area contributed by atoms with Crippen molar-refractivity contribution in [1.82, 2.24) is 15.1 Å². The normalized spacial score (nSPS) is 16.1. The summed E-state index contributed by atoms with van der Waals surface area (Å²) in [6, 6.07) is 14.7. The summed E-state index contributed by atoms with van der Waals surface area (Å²) < 4.78 is 0.725. The Bertz CT molecular complexity index is 1050. The second-order valence-corrected chi connectivity index (χ2v) is 8.74. The maximum absolute atomic E-state index is 12.9. The zero-order valence-corrected chi connectivity index (χ0v) is 18.2. The van der Waals surface area contributed by atoms with Gasteiger partial charge in [0.25, 0.3) is 5.91 Å². The molecule has 1 fully saturated rings. The predicted octanol–water partition coefficient (Wildman–Crippen LogP) is 4.52. The molecule has 4 rings (SSSR count). The van der Waals surface area contributed by atoms with E-state index in [1.54, 1.807) is 11.0 Å². The lowest BCUT2D eigenvalue weighted by Gasteiger charge is -2.24. The number of hydrogen-bond acceptors (Lipinski definition) is 5. The highest BCUT2D eigenvalue weighted by molar-refractivity contribution is 9.10. The van der Waals surface area contributed by atoms with Gasteiger partial charge >= 0.3 is 0 Å². The summed E-state index contributed by atoms with van der Waals surface area (Å²) in [5.74, 6) is -0.373. The molecule has 0 radical (unpaired) electrons. The van der Waals surface area contributed by atoms with E-state index in [2.05, 4.69) is 31.4 Å². The molecule has 3 aromatic rings. The Morgan fingerprint density at radius 1 is 1.14 bits per heavy atom. The predicted molar refractivity (Wildman–Crippen MR) is 117 cm³/mol. The third-order valence-corrected chi connectivity index (χ3v) is 6.45. The number of carbonyl (C=O) groups excluding carboxylic acids is 2. The second-order valence-electron chi connectivity index (χ2n) is 6.90. The van der Waals surface area contributed by atoms with Gasteiger partial charge < -0.3 is 4.90 Å². The average molecular weight is 471 g/mol. The van der Waals surface area contributed by atoms with E-state index in [0.29, 0.717) is 23.7 Å². The van der Waals surface area contributed by atoms with Crippen LogP contribution in [0.1, 0.15) is 28.8 Å². The highest BCUT2D eigenvalue weighted by atomic mass is 79.9.